The van der Waals surface area contributed by atoms with E-state index in [1.54, 1.807) is 0 Å². The average Bonchev–Trinajstić information content (AvgIpc) is 2.90. The first-order valence-electron chi connectivity index (χ1n) is 4.31. The molecule has 0 aromatic carbocycles. The molecule has 0 amide bonds. The third kappa shape index (κ3) is 2.58. The number of hydrogen-bond acceptors (Lipinski definition) is 4. The standard InChI is InChI=1S/C8H9IN2O3S/c9-8-6(14-5-1-2-5)3-11-4-7(8)15(10,12)13/h3-5H,1-2H2,(H2,10,12,13). The van der Waals surface area contributed by atoms with E-state index in [2.05, 4.69) is 4.98 Å². The maximum Gasteiger partial charge on any atom is 0.240 e. The van der Waals surface area contributed by atoms with Crippen LogP contribution in [0, 0.1) is 3.57 Å². The molecular weight excluding hydrogens is 331 g/mol. The number of aromatic nitrogens is 1. The second kappa shape index (κ2) is 3.87. The first-order valence-corrected chi connectivity index (χ1v) is 6.94. The Balaban J connectivity index is 2.40. The summed E-state index contributed by atoms with van der Waals surface area (Å²) >= 11 is 1.90. The van der Waals surface area contributed by atoms with Gasteiger partial charge in [0.2, 0.25) is 10.0 Å². The Kier molecular flexibility index (Phi) is 2.86. The summed E-state index contributed by atoms with van der Waals surface area (Å²) in [6.45, 7) is 0. The average molecular weight is 340 g/mol. The van der Waals surface area contributed by atoms with Gasteiger partial charge in [0.1, 0.15) is 4.90 Å². The third-order valence-corrected chi connectivity index (χ3v) is 4.34. The molecule has 0 radical (unpaired) electrons. The topological polar surface area (TPSA) is 82.3 Å². The van der Waals surface area contributed by atoms with Gasteiger partial charge in [0.05, 0.1) is 15.9 Å². The smallest absolute Gasteiger partial charge is 0.240 e. The van der Waals surface area contributed by atoms with Gasteiger partial charge in [-0.05, 0) is 35.4 Å². The molecule has 0 unspecified atom stereocenters. The van der Waals surface area contributed by atoms with E-state index >= 15 is 0 Å². The van der Waals surface area contributed by atoms with Crippen molar-refractivity contribution in [3.05, 3.63) is 16.0 Å². The molecule has 1 aliphatic carbocycles. The zero-order valence-electron chi connectivity index (χ0n) is 7.68. The van der Waals surface area contributed by atoms with E-state index in [0.29, 0.717) is 9.32 Å². The summed E-state index contributed by atoms with van der Waals surface area (Å²) in [7, 11) is -3.72. The van der Waals surface area contributed by atoms with Crippen LogP contribution >= 0.6 is 22.6 Å². The van der Waals surface area contributed by atoms with Gasteiger partial charge in [0.25, 0.3) is 0 Å². The summed E-state index contributed by atoms with van der Waals surface area (Å²) in [5.41, 5.74) is 0. The van der Waals surface area contributed by atoms with Crippen molar-refractivity contribution < 1.29 is 13.2 Å². The molecule has 0 bridgehead atoms. The highest BCUT2D eigenvalue weighted by Gasteiger charge is 2.26. The van der Waals surface area contributed by atoms with Gasteiger partial charge in [-0.25, -0.2) is 13.6 Å². The van der Waals surface area contributed by atoms with E-state index in [-0.39, 0.29) is 11.0 Å². The summed E-state index contributed by atoms with van der Waals surface area (Å²) in [6.07, 6.45) is 4.97. The Morgan fingerprint density at radius 3 is 2.67 bits per heavy atom. The molecule has 2 N–H and O–H groups in total. The van der Waals surface area contributed by atoms with Gasteiger partial charge < -0.3 is 4.74 Å². The number of nitrogens with two attached hydrogens (primary N) is 1. The van der Waals surface area contributed by atoms with Crippen LogP contribution in [-0.2, 0) is 10.0 Å². The molecule has 1 aliphatic rings. The van der Waals surface area contributed by atoms with Crippen LogP contribution in [0.4, 0.5) is 0 Å². The van der Waals surface area contributed by atoms with Gasteiger partial charge in [0, 0.05) is 6.20 Å². The number of hydrogen-bond donors (Lipinski definition) is 1. The first kappa shape index (κ1) is 11.1. The number of sulfonamides is 1. The largest absolute Gasteiger partial charge is 0.488 e. The molecule has 0 saturated heterocycles. The van der Waals surface area contributed by atoms with E-state index < -0.39 is 10.0 Å². The predicted molar refractivity (Wildman–Crippen MR) is 62.0 cm³/mol. The summed E-state index contributed by atoms with van der Waals surface area (Å²) in [4.78, 5) is 3.82. The van der Waals surface area contributed by atoms with Crippen LogP contribution in [0.25, 0.3) is 0 Å². The zero-order valence-corrected chi connectivity index (χ0v) is 10.7. The number of pyridine rings is 1. The van der Waals surface area contributed by atoms with Crippen molar-refractivity contribution in [2.45, 2.75) is 23.8 Å². The number of halogens is 1. The molecule has 0 aliphatic heterocycles. The van der Waals surface area contributed by atoms with Crippen LogP contribution < -0.4 is 9.88 Å². The molecular formula is C8H9IN2O3S. The molecule has 5 nitrogen and oxygen atoms in total. The van der Waals surface area contributed by atoms with Gasteiger partial charge in [0.15, 0.2) is 5.75 Å². The lowest BCUT2D eigenvalue weighted by Gasteiger charge is -2.08. The lowest BCUT2D eigenvalue weighted by atomic mass is 10.4. The van der Waals surface area contributed by atoms with Crippen LogP contribution in [0.3, 0.4) is 0 Å². The van der Waals surface area contributed by atoms with Crippen molar-refractivity contribution in [3.8, 4) is 5.75 Å². The Bertz CT molecular complexity index is 485. The number of ether oxygens (including phenoxy) is 1. The maximum atomic E-state index is 11.2. The van der Waals surface area contributed by atoms with E-state index in [9.17, 15) is 8.42 Å². The van der Waals surface area contributed by atoms with Crippen LogP contribution in [0.5, 0.6) is 5.75 Å². The van der Waals surface area contributed by atoms with Crippen LogP contribution in [-0.4, -0.2) is 19.5 Å². The fourth-order valence-electron chi connectivity index (χ4n) is 1.05. The van der Waals surface area contributed by atoms with Crippen molar-refractivity contribution in [2.24, 2.45) is 5.14 Å². The van der Waals surface area contributed by atoms with Crippen molar-refractivity contribution in [3.63, 3.8) is 0 Å². The van der Waals surface area contributed by atoms with E-state index in [4.69, 9.17) is 9.88 Å². The molecule has 15 heavy (non-hydrogen) atoms. The lowest BCUT2D eigenvalue weighted by Crippen LogP contribution is -2.15. The SMILES string of the molecule is NS(=O)(=O)c1cncc(OC2CC2)c1I. The highest BCUT2D eigenvalue weighted by atomic mass is 127. The molecule has 1 aromatic rings. The molecule has 82 valence electrons. The lowest BCUT2D eigenvalue weighted by molar-refractivity contribution is 0.298. The normalized spacial score (nSPS) is 16.4. The number of nitrogens with zero attached hydrogens (tertiary/aromatic N) is 1. The summed E-state index contributed by atoms with van der Waals surface area (Å²) < 4.78 is 28.4. The fourth-order valence-corrected chi connectivity index (χ4v) is 2.94. The molecule has 1 heterocycles. The molecule has 2 rings (SSSR count). The van der Waals surface area contributed by atoms with Gasteiger partial charge in [-0.15, -0.1) is 0 Å². The highest BCUT2D eigenvalue weighted by Crippen LogP contribution is 2.31. The molecule has 0 atom stereocenters. The first-order chi connectivity index (χ1) is 6.98. The molecule has 0 spiro atoms. The third-order valence-electron chi connectivity index (χ3n) is 1.94. The fraction of sp³-hybridized carbons (Fsp3) is 0.375. The summed E-state index contributed by atoms with van der Waals surface area (Å²) in [6, 6.07) is 0. The molecule has 1 saturated carbocycles. The second-order valence-electron chi connectivity index (χ2n) is 3.31. The Morgan fingerprint density at radius 1 is 1.47 bits per heavy atom. The summed E-state index contributed by atoms with van der Waals surface area (Å²) in [5.74, 6) is 0.490. The minimum atomic E-state index is -3.72. The maximum absolute atomic E-state index is 11.2. The van der Waals surface area contributed by atoms with Crippen molar-refractivity contribution in [1.29, 1.82) is 0 Å². The van der Waals surface area contributed by atoms with E-state index in [0.717, 1.165) is 12.8 Å². The van der Waals surface area contributed by atoms with Crippen molar-refractivity contribution in [1.82, 2.24) is 4.98 Å². The van der Waals surface area contributed by atoms with Crippen LogP contribution in [0.1, 0.15) is 12.8 Å². The predicted octanol–water partition coefficient (Wildman–Crippen LogP) is 0.875. The summed E-state index contributed by atoms with van der Waals surface area (Å²) in [5, 5.41) is 5.04. The highest BCUT2D eigenvalue weighted by molar-refractivity contribution is 14.1. The molecule has 1 aromatic heterocycles. The van der Waals surface area contributed by atoms with Gasteiger partial charge in [-0.2, -0.15) is 0 Å². The number of primary sulfonamides is 1. The number of rotatable bonds is 3. The zero-order chi connectivity index (χ0) is 11.1. The Hall–Kier alpha value is -0.410. The van der Waals surface area contributed by atoms with Gasteiger partial charge >= 0.3 is 0 Å². The Labute approximate surface area is 101 Å². The van der Waals surface area contributed by atoms with Gasteiger partial charge in [-0.1, -0.05) is 0 Å². The van der Waals surface area contributed by atoms with Crippen LogP contribution in [0.2, 0.25) is 0 Å². The Morgan fingerprint density at radius 2 is 2.13 bits per heavy atom. The molecule has 1 fully saturated rings. The quantitative estimate of drug-likeness (QED) is 0.828. The monoisotopic (exact) mass is 340 g/mol. The van der Waals surface area contributed by atoms with Crippen molar-refractivity contribution in [2.75, 3.05) is 0 Å². The van der Waals surface area contributed by atoms with Crippen molar-refractivity contribution >= 4 is 32.6 Å². The minimum Gasteiger partial charge on any atom is -0.488 e. The second-order valence-corrected chi connectivity index (χ2v) is 5.92. The van der Waals surface area contributed by atoms with E-state index in [1.165, 1.54) is 12.4 Å². The molecule has 7 heteroatoms. The van der Waals surface area contributed by atoms with E-state index in [1.807, 2.05) is 22.6 Å². The van der Waals surface area contributed by atoms with Gasteiger partial charge in [-0.3, -0.25) is 4.98 Å². The van der Waals surface area contributed by atoms with Crippen LogP contribution in [0.15, 0.2) is 17.3 Å². The minimum absolute atomic E-state index is 0.0150.